The minimum atomic E-state index is -0.674. The normalized spacial score (nSPS) is 23.2. The van der Waals surface area contributed by atoms with E-state index in [9.17, 15) is 28.8 Å². The van der Waals surface area contributed by atoms with Gasteiger partial charge in [0, 0.05) is 84.2 Å². The van der Waals surface area contributed by atoms with E-state index >= 15 is 0 Å². The van der Waals surface area contributed by atoms with Gasteiger partial charge >= 0.3 is 0 Å². The third-order valence-corrected chi connectivity index (χ3v) is 16.9. The lowest BCUT2D eigenvalue weighted by Crippen LogP contribution is -2.51. The predicted molar refractivity (Wildman–Crippen MR) is 296 cm³/mol. The maximum atomic E-state index is 14.5. The van der Waals surface area contributed by atoms with E-state index in [1.807, 2.05) is 64.1 Å². The summed E-state index contributed by atoms with van der Waals surface area (Å²) in [6, 6.07) is 9.62. The molecule has 410 valence electrons. The highest BCUT2D eigenvalue weighted by atomic mass is 16.2. The van der Waals surface area contributed by atoms with Gasteiger partial charge in [-0.3, -0.25) is 38.1 Å². The topological polar surface area (TPSA) is 220 Å². The molecule has 4 aliphatic rings. The Labute approximate surface area is 455 Å². The van der Waals surface area contributed by atoms with E-state index in [1.54, 1.807) is 44.0 Å². The molecule has 4 fully saturated rings. The first-order chi connectivity index (χ1) is 36.7. The number of fused-ring (bicyclic) bond motifs is 4. The van der Waals surface area contributed by atoms with Crippen molar-refractivity contribution in [1.82, 2.24) is 59.9 Å². The van der Waals surface area contributed by atoms with Crippen LogP contribution in [-0.2, 0) is 32.3 Å². The fraction of sp³-hybridized carbons (Fsp3) is 0.533. The number of piperidine rings is 2. The minimum absolute atomic E-state index is 0.0276. The average molecular weight is 1060 g/mol. The monoisotopic (exact) mass is 1060 g/mol. The molecule has 6 aromatic rings. The molecule has 18 nitrogen and oxygen atoms in total. The van der Waals surface area contributed by atoms with Crippen LogP contribution in [0.15, 0.2) is 61.2 Å². The second kappa shape index (κ2) is 19.9. The summed E-state index contributed by atoms with van der Waals surface area (Å²) in [7, 11) is 0. The number of aromatic nitrogens is 8. The molecule has 2 saturated carbocycles. The number of aryl methyl sites for hydroxylation is 2. The molecule has 0 unspecified atom stereocenters. The van der Waals surface area contributed by atoms with Crippen LogP contribution in [-0.4, -0.2) is 121 Å². The minimum Gasteiger partial charge on any atom is -0.352 e. The largest absolute Gasteiger partial charge is 0.352 e. The van der Waals surface area contributed by atoms with Gasteiger partial charge in [0.25, 0.3) is 0 Å². The second-order valence-electron chi connectivity index (χ2n) is 25.7. The quantitative estimate of drug-likeness (QED) is 0.0775. The molecule has 0 bridgehead atoms. The fourth-order valence-electron chi connectivity index (χ4n) is 12.8. The SMILES string of the molecule is CC(=O)c1nn(CC(=O)N2[C@H](C(=O)N[C@H](C)CC(C)(C)CCC(=O)c3nn(CC(=O)N4[C@H](C(=O)N[C@@H](C)CC(C)(C)C)C[C@@]5(C)C[C@@H]45)c4ccc(-c5cnc(C)nc5)cc34)C[C@@]3(C)C[C@@H]23)c2ccc(-c3cnc(C)nc3)cc12. The number of carbonyl (C=O) groups is 6. The number of hydrogen-bond acceptors (Lipinski definition) is 12. The Bertz CT molecular complexity index is 3390. The van der Waals surface area contributed by atoms with Gasteiger partial charge in [-0.05, 0) is 130 Å². The van der Waals surface area contributed by atoms with Crippen LogP contribution in [0.25, 0.3) is 44.1 Å². The van der Waals surface area contributed by atoms with E-state index in [0.717, 1.165) is 41.5 Å². The number of rotatable bonds is 18. The van der Waals surface area contributed by atoms with Gasteiger partial charge in [0.05, 0.1) is 11.0 Å². The second-order valence-corrected chi connectivity index (χ2v) is 25.7. The number of hydrogen-bond donors (Lipinski definition) is 2. The first kappa shape index (κ1) is 54.1. The molecule has 2 aromatic carbocycles. The Hall–Kier alpha value is -7.24. The Morgan fingerprint density at radius 1 is 0.615 bits per heavy atom. The van der Waals surface area contributed by atoms with Gasteiger partial charge in [-0.1, -0.05) is 60.6 Å². The summed E-state index contributed by atoms with van der Waals surface area (Å²) in [5.74, 6) is 0.0735. The Morgan fingerprint density at radius 3 is 1.47 bits per heavy atom. The van der Waals surface area contributed by atoms with Crippen molar-refractivity contribution in [3.05, 3.63) is 84.2 Å². The zero-order valence-corrected chi connectivity index (χ0v) is 47.2. The molecule has 2 saturated heterocycles. The van der Waals surface area contributed by atoms with E-state index in [1.165, 1.54) is 6.92 Å². The summed E-state index contributed by atoms with van der Waals surface area (Å²) < 4.78 is 3.18. The summed E-state index contributed by atoms with van der Waals surface area (Å²) >= 11 is 0. The third kappa shape index (κ3) is 10.8. The van der Waals surface area contributed by atoms with E-state index in [2.05, 4.69) is 84.1 Å². The lowest BCUT2D eigenvalue weighted by atomic mass is 9.81. The van der Waals surface area contributed by atoms with Gasteiger partial charge in [-0.25, -0.2) is 19.9 Å². The predicted octanol–water partition coefficient (Wildman–Crippen LogP) is 8.40. The first-order valence-electron chi connectivity index (χ1n) is 27.6. The standard InChI is InChI=1S/C60H74N12O6/c1-33(21-57(6,7)8)65-55(77)46-23-59(11)25-49(59)71(46)52(76)32-70-45-16-14-39(41-29-63-37(5)64-30-41)20-43(45)54(68-70)48(74)17-18-58(9,10)22-34(2)66-56(78)47-24-60(12)26-50(60)72(47)51(75)31-69-44-15-13-38(40-27-61-36(4)62-28-40)19-42(44)53(67-69)35(3)73/h13-16,19-20,27-30,33-34,46-47,49-50H,17-18,21-26,31-32H2,1-12H3,(H,65,77)(H,66,78)/t33-,34+,46-,47-,49+,50+,59-,60-/m0/s1. The number of nitrogens with zero attached hydrogens (tertiary/aromatic N) is 10. The van der Waals surface area contributed by atoms with Crippen LogP contribution in [0.4, 0.5) is 0 Å². The molecule has 2 aliphatic carbocycles. The van der Waals surface area contributed by atoms with Crippen LogP contribution >= 0.6 is 0 Å². The lowest BCUT2D eigenvalue weighted by Gasteiger charge is -2.31. The van der Waals surface area contributed by atoms with Crippen LogP contribution in [0, 0.1) is 35.5 Å². The zero-order valence-electron chi connectivity index (χ0n) is 47.2. The highest BCUT2D eigenvalue weighted by Crippen LogP contribution is 2.60. The van der Waals surface area contributed by atoms with E-state index in [0.29, 0.717) is 59.1 Å². The smallest absolute Gasteiger partial charge is 0.245 e. The highest BCUT2D eigenvalue weighted by molar-refractivity contribution is 6.08. The van der Waals surface area contributed by atoms with Crippen LogP contribution < -0.4 is 10.6 Å². The number of nitrogens with one attached hydrogen (secondary N) is 2. The molecular weight excluding hydrogens is 985 g/mol. The summed E-state index contributed by atoms with van der Waals surface area (Å²) in [4.78, 5) is 105. The van der Waals surface area contributed by atoms with Gasteiger partial charge in [0.2, 0.25) is 23.6 Å². The maximum absolute atomic E-state index is 14.5. The molecule has 2 N–H and O–H groups in total. The Kier molecular flexibility index (Phi) is 13.8. The van der Waals surface area contributed by atoms with Gasteiger partial charge in [-0.2, -0.15) is 10.2 Å². The number of ketones is 2. The molecule has 0 spiro atoms. The number of benzene rings is 2. The molecule has 2 aliphatic heterocycles. The van der Waals surface area contributed by atoms with E-state index < -0.39 is 17.5 Å². The summed E-state index contributed by atoms with van der Waals surface area (Å²) in [5.41, 5.74) is 4.31. The van der Waals surface area contributed by atoms with Crippen molar-refractivity contribution < 1.29 is 28.8 Å². The number of carbonyl (C=O) groups excluding carboxylic acids is 6. The van der Waals surface area contributed by atoms with Crippen molar-refractivity contribution in [2.75, 3.05) is 0 Å². The van der Waals surface area contributed by atoms with Crippen molar-refractivity contribution in [1.29, 1.82) is 0 Å². The van der Waals surface area contributed by atoms with E-state index in [4.69, 9.17) is 5.10 Å². The number of likely N-dealkylation sites (tertiary alicyclic amines) is 2. The van der Waals surface area contributed by atoms with Crippen molar-refractivity contribution >= 4 is 57.0 Å². The van der Waals surface area contributed by atoms with Gasteiger partial charge in [-0.15, -0.1) is 0 Å². The van der Waals surface area contributed by atoms with Crippen molar-refractivity contribution in [2.24, 2.45) is 21.7 Å². The van der Waals surface area contributed by atoms with Crippen molar-refractivity contribution in [3.8, 4) is 22.3 Å². The molecule has 4 aromatic heterocycles. The van der Waals surface area contributed by atoms with Crippen LogP contribution in [0.3, 0.4) is 0 Å². The summed E-state index contributed by atoms with van der Waals surface area (Å²) in [6.45, 7) is 23.6. The van der Waals surface area contributed by atoms with Crippen LogP contribution in [0.2, 0.25) is 0 Å². The number of Topliss-reactive ketones (excluding diaryl/α,β-unsaturated/α-hetero) is 2. The summed E-state index contributed by atoms with van der Waals surface area (Å²) in [6.07, 6.45) is 11.7. The van der Waals surface area contributed by atoms with Gasteiger partial charge < -0.3 is 20.4 Å². The van der Waals surface area contributed by atoms with E-state index in [-0.39, 0.29) is 107 Å². The van der Waals surface area contributed by atoms with Crippen molar-refractivity contribution in [2.45, 2.75) is 184 Å². The average Bonchev–Trinajstić information content (AvgIpc) is 4.05. The van der Waals surface area contributed by atoms with Crippen molar-refractivity contribution in [3.63, 3.8) is 0 Å². The molecule has 0 radical (unpaired) electrons. The Morgan fingerprint density at radius 2 is 1.04 bits per heavy atom. The lowest BCUT2D eigenvalue weighted by molar-refractivity contribution is -0.140. The molecular formula is C60H74N12O6. The molecule has 78 heavy (non-hydrogen) atoms. The van der Waals surface area contributed by atoms with Gasteiger partial charge in [0.1, 0.15) is 48.2 Å². The first-order valence-corrected chi connectivity index (χ1v) is 27.6. The molecule has 6 heterocycles. The van der Waals surface area contributed by atoms with Crippen LogP contribution in [0.1, 0.15) is 153 Å². The molecule has 18 heteroatoms. The third-order valence-electron chi connectivity index (χ3n) is 16.9. The zero-order chi connectivity index (χ0) is 56.0. The molecule has 8 atom stereocenters. The summed E-state index contributed by atoms with van der Waals surface area (Å²) in [5, 5.41) is 17.2. The fourth-order valence-corrected chi connectivity index (χ4v) is 12.8. The number of amides is 4. The van der Waals surface area contributed by atoms with Gasteiger partial charge in [0.15, 0.2) is 11.6 Å². The highest BCUT2D eigenvalue weighted by Gasteiger charge is 2.65. The molecule has 4 amide bonds. The maximum Gasteiger partial charge on any atom is 0.245 e. The Balaban J connectivity index is 0.814. The van der Waals surface area contributed by atoms with Crippen LogP contribution in [0.5, 0.6) is 0 Å². The molecule has 10 rings (SSSR count).